The average molecular weight is 580 g/mol. The van der Waals surface area contributed by atoms with Crippen molar-refractivity contribution in [2.45, 2.75) is 12.6 Å². The number of hydrogen-bond acceptors (Lipinski definition) is 7. The molecule has 1 amide bonds. The molecule has 5 rings (SSSR count). The summed E-state index contributed by atoms with van der Waals surface area (Å²) in [4.78, 5) is 50.7. The summed E-state index contributed by atoms with van der Waals surface area (Å²) in [6.07, 6.45) is 0. The number of nitrogens with one attached hydrogen (secondary N) is 2. The molecule has 12 heteroatoms. The summed E-state index contributed by atoms with van der Waals surface area (Å²) in [5.41, 5.74) is 1.18. The van der Waals surface area contributed by atoms with E-state index in [1.54, 1.807) is 18.2 Å². The summed E-state index contributed by atoms with van der Waals surface area (Å²) in [6, 6.07) is 18.0. The topological polar surface area (TPSA) is 131 Å². The van der Waals surface area contributed by atoms with Crippen LogP contribution in [0, 0.1) is 5.82 Å². The summed E-state index contributed by atoms with van der Waals surface area (Å²) in [5, 5.41) is 15.3. The highest BCUT2D eigenvalue weighted by Gasteiger charge is 2.24. The van der Waals surface area contributed by atoms with Crippen LogP contribution in [-0.4, -0.2) is 21.6 Å². The third kappa shape index (κ3) is 5.65. The van der Waals surface area contributed by atoms with Crippen LogP contribution in [0.2, 0.25) is 4.34 Å². The number of amides is 1. The van der Waals surface area contributed by atoms with Crippen molar-refractivity contribution in [2.75, 3.05) is 5.32 Å². The Hall–Kier alpha value is -4.74. The Balaban J connectivity index is 1.36. The molecule has 9 nitrogen and oxygen atoms in total. The van der Waals surface area contributed by atoms with E-state index in [4.69, 9.17) is 16.0 Å². The first-order chi connectivity index (χ1) is 19.2. The molecule has 0 aliphatic carbocycles. The van der Waals surface area contributed by atoms with Gasteiger partial charge in [-0.25, -0.2) is 18.5 Å². The molecule has 3 N–H and O–H groups in total. The fraction of sp³-hybridized carbons (Fsp3) is 0.0714. The normalized spacial score (nSPS) is 11.8. The van der Waals surface area contributed by atoms with Gasteiger partial charge in [0, 0.05) is 28.7 Å². The Bertz CT molecular complexity index is 1850. The second-order valence-electron chi connectivity index (χ2n) is 8.63. The monoisotopic (exact) mass is 579 g/mol. The van der Waals surface area contributed by atoms with Crippen molar-refractivity contribution < 1.29 is 23.5 Å². The van der Waals surface area contributed by atoms with Crippen LogP contribution < -0.4 is 21.9 Å². The van der Waals surface area contributed by atoms with Gasteiger partial charge in [-0.05, 0) is 66.2 Å². The molecule has 0 saturated carbocycles. The molecule has 40 heavy (non-hydrogen) atoms. The Morgan fingerprint density at radius 3 is 2.38 bits per heavy atom. The number of hydrogen-bond donors (Lipinski definition) is 3. The number of nitrogens with zero attached hydrogens (tertiary/aromatic N) is 1. The highest BCUT2D eigenvalue weighted by molar-refractivity contribution is 7.16. The Morgan fingerprint density at radius 1 is 1.00 bits per heavy atom. The van der Waals surface area contributed by atoms with E-state index >= 15 is 0 Å². The molecule has 0 bridgehead atoms. The van der Waals surface area contributed by atoms with Crippen LogP contribution in [0.15, 0.2) is 92.9 Å². The van der Waals surface area contributed by atoms with E-state index in [0.29, 0.717) is 21.4 Å². The molecule has 5 aromatic rings. The van der Waals surface area contributed by atoms with Crippen LogP contribution in [-0.2, 0) is 11.3 Å². The molecule has 0 aliphatic heterocycles. The molecule has 0 aliphatic rings. The number of aromatic nitrogens is 1. The Morgan fingerprint density at radius 2 is 1.73 bits per heavy atom. The van der Waals surface area contributed by atoms with Gasteiger partial charge in [0.2, 0.25) is 0 Å². The SMILES string of the molecule is O=C(NC(C(=O)O)c1ccc(Cl)s1)c1ccc(-n2c(=O)oc3cc(NCc4ccc(F)cc4)ccc3c2=O)cc1. The molecule has 3 aromatic carbocycles. The van der Waals surface area contributed by atoms with Gasteiger partial charge in [0.1, 0.15) is 11.4 Å². The molecule has 2 aromatic heterocycles. The van der Waals surface area contributed by atoms with Crippen molar-refractivity contribution in [3.05, 3.63) is 126 Å². The fourth-order valence-electron chi connectivity index (χ4n) is 3.98. The number of benzene rings is 3. The third-order valence-corrected chi connectivity index (χ3v) is 7.29. The van der Waals surface area contributed by atoms with Gasteiger partial charge in [0.25, 0.3) is 11.5 Å². The van der Waals surface area contributed by atoms with E-state index < -0.39 is 29.2 Å². The van der Waals surface area contributed by atoms with Gasteiger partial charge in [-0.1, -0.05) is 23.7 Å². The van der Waals surface area contributed by atoms with Crippen molar-refractivity contribution in [2.24, 2.45) is 0 Å². The molecular weight excluding hydrogens is 561 g/mol. The minimum atomic E-state index is -1.30. The molecule has 0 fully saturated rings. The maximum atomic E-state index is 13.2. The van der Waals surface area contributed by atoms with Crippen molar-refractivity contribution in [1.82, 2.24) is 9.88 Å². The van der Waals surface area contributed by atoms with Crippen LogP contribution in [0.1, 0.15) is 26.8 Å². The summed E-state index contributed by atoms with van der Waals surface area (Å²) in [6.45, 7) is 0.390. The quantitative estimate of drug-likeness (QED) is 0.237. The van der Waals surface area contributed by atoms with E-state index in [0.717, 1.165) is 21.5 Å². The van der Waals surface area contributed by atoms with Crippen LogP contribution in [0.3, 0.4) is 0 Å². The van der Waals surface area contributed by atoms with Gasteiger partial charge in [-0.2, -0.15) is 0 Å². The van der Waals surface area contributed by atoms with E-state index in [1.165, 1.54) is 60.7 Å². The zero-order valence-electron chi connectivity index (χ0n) is 20.4. The fourth-order valence-corrected chi connectivity index (χ4v) is 5.09. The van der Waals surface area contributed by atoms with Gasteiger partial charge in [-0.3, -0.25) is 9.59 Å². The predicted octanol–water partition coefficient (Wildman–Crippen LogP) is 4.97. The van der Waals surface area contributed by atoms with E-state index in [-0.39, 0.29) is 28.0 Å². The van der Waals surface area contributed by atoms with Gasteiger partial charge < -0.3 is 20.2 Å². The number of halogens is 2. The molecule has 0 radical (unpaired) electrons. The standard InChI is InChI=1S/C28H19ClFN3O6S/c29-23-12-11-22(40-23)24(27(36)37)32-25(34)16-3-8-19(9-4-16)33-26(35)20-10-7-18(13-21(20)39-28(33)38)31-14-15-1-5-17(30)6-2-15/h1-13,24,31H,14H2,(H,32,34)(H,36,37). The van der Waals surface area contributed by atoms with Gasteiger partial charge >= 0.3 is 11.7 Å². The number of anilines is 1. The number of aliphatic carboxylic acids is 1. The van der Waals surface area contributed by atoms with Crippen LogP contribution in [0.4, 0.5) is 10.1 Å². The number of carbonyl (C=O) groups is 2. The summed E-state index contributed by atoms with van der Waals surface area (Å²) in [5.74, 6) is -3.18. The second kappa shape index (κ2) is 11.2. The van der Waals surface area contributed by atoms with Crippen LogP contribution in [0.25, 0.3) is 16.7 Å². The largest absolute Gasteiger partial charge is 0.479 e. The van der Waals surface area contributed by atoms with Crippen molar-refractivity contribution >= 4 is 51.5 Å². The van der Waals surface area contributed by atoms with Gasteiger partial charge in [0.05, 0.1) is 15.4 Å². The smallest absolute Gasteiger partial charge is 0.426 e. The first kappa shape index (κ1) is 26.9. The van der Waals surface area contributed by atoms with Crippen molar-refractivity contribution in [1.29, 1.82) is 0 Å². The summed E-state index contributed by atoms with van der Waals surface area (Å²) < 4.78 is 19.7. The lowest BCUT2D eigenvalue weighted by Gasteiger charge is -2.13. The zero-order valence-corrected chi connectivity index (χ0v) is 22.0. The lowest BCUT2D eigenvalue weighted by molar-refractivity contribution is -0.139. The highest BCUT2D eigenvalue weighted by Crippen LogP contribution is 2.27. The molecule has 0 spiro atoms. The lowest BCUT2D eigenvalue weighted by Crippen LogP contribution is -2.33. The molecule has 1 unspecified atom stereocenters. The number of thiophene rings is 1. The maximum Gasteiger partial charge on any atom is 0.426 e. The number of fused-ring (bicyclic) bond motifs is 1. The molecular formula is C28H19ClFN3O6S. The Labute approximate surface area is 234 Å². The summed E-state index contributed by atoms with van der Waals surface area (Å²) >= 11 is 6.93. The maximum absolute atomic E-state index is 13.2. The number of carboxylic acid groups (broad SMARTS) is 1. The van der Waals surface area contributed by atoms with E-state index in [2.05, 4.69) is 10.6 Å². The minimum Gasteiger partial charge on any atom is -0.479 e. The second-order valence-corrected chi connectivity index (χ2v) is 10.4. The zero-order chi connectivity index (χ0) is 28.4. The van der Waals surface area contributed by atoms with E-state index in [1.807, 2.05) is 0 Å². The first-order valence-electron chi connectivity index (χ1n) is 11.8. The van der Waals surface area contributed by atoms with Gasteiger partial charge in [0.15, 0.2) is 6.04 Å². The molecule has 0 saturated heterocycles. The molecule has 202 valence electrons. The molecule has 2 heterocycles. The highest BCUT2D eigenvalue weighted by atomic mass is 35.5. The third-order valence-electron chi connectivity index (χ3n) is 5.99. The van der Waals surface area contributed by atoms with Crippen molar-refractivity contribution in [3.8, 4) is 5.69 Å². The Kier molecular flexibility index (Phi) is 7.50. The summed E-state index contributed by atoms with van der Waals surface area (Å²) in [7, 11) is 0. The lowest BCUT2D eigenvalue weighted by atomic mass is 10.1. The predicted molar refractivity (Wildman–Crippen MR) is 149 cm³/mol. The average Bonchev–Trinajstić information content (AvgIpc) is 3.37. The number of rotatable bonds is 8. The van der Waals surface area contributed by atoms with Crippen LogP contribution in [0.5, 0.6) is 0 Å². The van der Waals surface area contributed by atoms with E-state index in [9.17, 15) is 28.7 Å². The minimum absolute atomic E-state index is 0.0831. The first-order valence-corrected chi connectivity index (χ1v) is 13.0. The van der Waals surface area contributed by atoms with Gasteiger partial charge in [-0.15, -0.1) is 11.3 Å². The number of carboxylic acids is 1. The molecule has 1 atom stereocenters. The van der Waals surface area contributed by atoms with Crippen LogP contribution >= 0.6 is 22.9 Å². The van der Waals surface area contributed by atoms with Crippen molar-refractivity contribution in [3.63, 3.8) is 0 Å². The number of carbonyl (C=O) groups excluding carboxylic acids is 1.